The number of hydrogen-bond acceptors (Lipinski definition) is 3. The average molecular weight is 174 g/mol. The summed E-state index contributed by atoms with van der Waals surface area (Å²) in [6, 6.07) is 0. The van der Waals surface area contributed by atoms with Crippen LogP contribution < -0.4 is 0 Å². The highest BCUT2D eigenvalue weighted by atomic mass is 16.7. The normalized spacial score (nSPS) is 19.2. The van der Waals surface area contributed by atoms with Gasteiger partial charge >= 0.3 is 5.97 Å². The van der Waals surface area contributed by atoms with Crippen LogP contribution in [0, 0.1) is 0 Å². The van der Waals surface area contributed by atoms with Gasteiger partial charge in [-0.15, -0.1) is 0 Å². The van der Waals surface area contributed by atoms with Gasteiger partial charge in [-0.05, 0) is 13.8 Å². The van der Waals surface area contributed by atoms with E-state index in [4.69, 9.17) is 14.6 Å². The number of carboxylic acid groups (broad SMARTS) is 1. The van der Waals surface area contributed by atoms with Crippen molar-refractivity contribution in [2.75, 3.05) is 13.4 Å². The molecule has 4 nitrogen and oxygen atoms in total. The van der Waals surface area contributed by atoms with E-state index in [-0.39, 0.29) is 5.60 Å². The number of carboxylic acids is 1. The fourth-order valence-electron chi connectivity index (χ4n) is 0.530. The summed E-state index contributed by atoms with van der Waals surface area (Å²) in [7, 11) is 0. The predicted octanol–water partition coefficient (Wildman–Crippen LogP) is 1.03. The molecule has 70 valence electrons. The van der Waals surface area contributed by atoms with Crippen LogP contribution in [0.15, 0.2) is 12.7 Å². The lowest BCUT2D eigenvalue weighted by Crippen LogP contribution is -2.20. The first-order valence-corrected chi connectivity index (χ1v) is 3.55. The summed E-state index contributed by atoms with van der Waals surface area (Å²) >= 11 is 0. The summed E-state index contributed by atoms with van der Waals surface area (Å²) in [5.41, 5.74) is -0.0278. The van der Waals surface area contributed by atoms with Gasteiger partial charge in [0.05, 0.1) is 12.2 Å². The molecule has 0 aromatic carbocycles. The largest absolute Gasteiger partial charge is 0.478 e. The molecule has 1 aliphatic heterocycles. The molecule has 1 heterocycles. The Morgan fingerprint density at radius 1 is 1.67 bits per heavy atom. The highest BCUT2D eigenvalue weighted by Gasteiger charge is 2.23. The van der Waals surface area contributed by atoms with Crippen molar-refractivity contribution in [3.05, 3.63) is 12.7 Å². The number of hydrogen-bond donors (Lipinski definition) is 1. The third-order valence-electron chi connectivity index (χ3n) is 1.16. The van der Waals surface area contributed by atoms with Gasteiger partial charge in [0.15, 0.2) is 0 Å². The van der Waals surface area contributed by atoms with Gasteiger partial charge in [-0.1, -0.05) is 6.58 Å². The van der Waals surface area contributed by atoms with Crippen molar-refractivity contribution in [3.63, 3.8) is 0 Å². The van der Waals surface area contributed by atoms with Crippen molar-refractivity contribution in [2.24, 2.45) is 0 Å². The van der Waals surface area contributed by atoms with Gasteiger partial charge in [0, 0.05) is 6.08 Å². The molecule has 0 spiro atoms. The topological polar surface area (TPSA) is 55.8 Å². The van der Waals surface area contributed by atoms with Crippen molar-refractivity contribution < 1.29 is 19.4 Å². The van der Waals surface area contributed by atoms with Crippen LogP contribution in [-0.2, 0) is 14.3 Å². The molecule has 1 rings (SSSR count). The third kappa shape index (κ3) is 5.88. The second-order valence-corrected chi connectivity index (χ2v) is 2.91. The van der Waals surface area contributed by atoms with E-state index in [2.05, 4.69) is 6.58 Å². The molecule has 0 aromatic heterocycles. The van der Waals surface area contributed by atoms with Crippen LogP contribution in [0.2, 0.25) is 0 Å². The quantitative estimate of drug-likeness (QED) is 0.603. The highest BCUT2D eigenvalue weighted by Crippen LogP contribution is 2.14. The Morgan fingerprint density at radius 2 is 2.17 bits per heavy atom. The van der Waals surface area contributed by atoms with Crippen LogP contribution in [0.25, 0.3) is 0 Å². The van der Waals surface area contributed by atoms with Crippen molar-refractivity contribution in [3.8, 4) is 0 Å². The maximum Gasteiger partial charge on any atom is 0.327 e. The molecule has 0 amide bonds. The molecule has 4 heteroatoms. The lowest BCUT2D eigenvalue weighted by Gasteiger charge is -2.11. The standard InChI is InChI=1S/C5H10O2.C3H4O2/c1-5(2)3-6-4-7-5;1-2-3(4)5/h3-4H2,1-2H3;2H,1H2,(H,4,5). The van der Waals surface area contributed by atoms with Crippen LogP contribution in [0.1, 0.15) is 13.8 Å². The fourth-order valence-corrected chi connectivity index (χ4v) is 0.530. The van der Waals surface area contributed by atoms with Crippen LogP contribution in [0.5, 0.6) is 0 Å². The van der Waals surface area contributed by atoms with Gasteiger partial charge in [0.2, 0.25) is 0 Å². The van der Waals surface area contributed by atoms with E-state index in [0.29, 0.717) is 6.79 Å². The van der Waals surface area contributed by atoms with Crippen LogP contribution in [0.3, 0.4) is 0 Å². The summed E-state index contributed by atoms with van der Waals surface area (Å²) in [4.78, 5) is 9.25. The molecule has 1 N–H and O–H groups in total. The van der Waals surface area contributed by atoms with E-state index in [1.54, 1.807) is 0 Å². The highest BCUT2D eigenvalue weighted by molar-refractivity contribution is 5.78. The van der Waals surface area contributed by atoms with Gasteiger partial charge in [0.1, 0.15) is 6.79 Å². The summed E-state index contributed by atoms with van der Waals surface area (Å²) in [5.74, 6) is -0.981. The minimum Gasteiger partial charge on any atom is -0.478 e. The summed E-state index contributed by atoms with van der Waals surface area (Å²) in [6.45, 7) is 8.18. The van der Waals surface area contributed by atoms with Gasteiger partial charge in [-0.25, -0.2) is 4.79 Å². The van der Waals surface area contributed by atoms with E-state index in [1.807, 2.05) is 13.8 Å². The van der Waals surface area contributed by atoms with E-state index in [1.165, 1.54) is 0 Å². The lowest BCUT2D eigenvalue weighted by molar-refractivity contribution is -0.131. The second kappa shape index (κ2) is 4.90. The Hall–Kier alpha value is -0.870. The Bertz CT molecular complexity index is 154. The number of carbonyl (C=O) groups is 1. The third-order valence-corrected chi connectivity index (χ3v) is 1.16. The van der Waals surface area contributed by atoms with Gasteiger partial charge in [0.25, 0.3) is 0 Å². The number of aliphatic carboxylic acids is 1. The van der Waals surface area contributed by atoms with Gasteiger partial charge in [-0.2, -0.15) is 0 Å². The van der Waals surface area contributed by atoms with Gasteiger partial charge in [-0.3, -0.25) is 0 Å². The Kier molecular flexibility index (Phi) is 4.54. The molecule has 0 radical (unpaired) electrons. The van der Waals surface area contributed by atoms with Crippen molar-refractivity contribution in [2.45, 2.75) is 19.4 Å². The number of ether oxygens (including phenoxy) is 2. The van der Waals surface area contributed by atoms with E-state index in [9.17, 15) is 4.79 Å². The monoisotopic (exact) mass is 174 g/mol. The molecule has 0 aromatic rings. The van der Waals surface area contributed by atoms with Gasteiger partial charge < -0.3 is 14.6 Å². The van der Waals surface area contributed by atoms with Crippen LogP contribution in [-0.4, -0.2) is 30.1 Å². The Morgan fingerprint density at radius 3 is 2.25 bits per heavy atom. The molecule has 1 aliphatic rings. The first-order chi connectivity index (χ1) is 5.48. The number of rotatable bonds is 1. The molecule has 0 bridgehead atoms. The fraction of sp³-hybridized carbons (Fsp3) is 0.625. The van der Waals surface area contributed by atoms with Crippen LogP contribution >= 0.6 is 0 Å². The molecule has 1 saturated heterocycles. The average Bonchev–Trinajstić information content (AvgIpc) is 2.35. The summed E-state index contributed by atoms with van der Waals surface area (Å²) in [6.07, 6.45) is 0.833. The predicted molar refractivity (Wildman–Crippen MR) is 43.8 cm³/mol. The molecular weight excluding hydrogens is 160 g/mol. The molecule has 0 unspecified atom stereocenters. The maximum atomic E-state index is 9.25. The van der Waals surface area contributed by atoms with E-state index >= 15 is 0 Å². The van der Waals surface area contributed by atoms with E-state index in [0.717, 1.165) is 12.7 Å². The van der Waals surface area contributed by atoms with Crippen molar-refractivity contribution in [1.82, 2.24) is 0 Å². The van der Waals surface area contributed by atoms with Crippen LogP contribution in [0.4, 0.5) is 0 Å². The zero-order valence-electron chi connectivity index (χ0n) is 7.37. The Balaban J connectivity index is 0.000000217. The molecular formula is C8H14O4. The lowest BCUT2D eigenvalue weighted by atomic mass is 10.2. The Labute approximate surface area is 71.8 Å². The smallest absolute Gasteiger partial charge is 0.327 e. The summed E-state index contributed by atoms with van der Waals surface area (Å²) in [5, 5.41) is 7.60. The minimum absolute atomic E-state index is 0.0278. The molecule has 0 saturated carbocycles. The van der Waals surface area contributed by atoms with Crippen molar-refractivity contribution in [1.29, 1.82) is 0 Å². The van der Waals surface area contributed by atoms with Crippen molar-refractivity contribution >= 4 is 5.97 Å². The molecule has 12 heavy (non-hydrogen) atoms. The SMILES string of the molecule is C=CC(=O)O.CC1(C)COCO1. The zero-order chi connectivity index (χ0) is 9.61. The minimum atomic E-state index is -0.981. The molecule has 0 aliphatic carbocycles. The van der Waals surface area contributed by atoms with E-state index < -0.39 is 5.97 Å². The molecule has 1 fully saturated rings. The zero-order valence-corrected chi connectivity index (χ0v) is 7.37. The first-order valence-electron chi connectivity index (χ1n) is 3.55. The second-order valence-electron chi connectivity index (χ2n) is 2.91. The molecule has 0 atom stereocenters. The maximum absolute atomic E-state index is 9.25. The first kappa shape index (κ1) is 11.1. The summed E-state index contributed by atoms with van der Waals surface area (Å²) < 4.78 is 10.1.